The van der Waals surface area contributed by atoms with E-state index in [0.717, 1.165) is 0 Å². The van der Waals surface area contributed by atoms with Gasteiger partial charge >= 0.3 is 17.8 Å². The van der Waals surface area contributed by atoms with E-state index in [1.165, 1.54) is 34.5 Å². The van der Waals surface area contributed by atoms with Crippen LogP contribution in [0.25, 0.3) is 0 Å². The van der Waals surface area contributed by atoms with Crippen LogP contribution in [-0.4, -0.2) is 74.7 Å². The van der Waals surface area contributed by atoms with Gasteiger partial charge in [-0.2, -0.15) is 4.31 Å². The Morgan fingerprint density at radius 2 is 2.00 bits per heavy atom. The van der Waals surface area contributed by atoms with Gasteiger partial charge in [0.05, 0.1) is 23.6 Å². The second kappa shape index (κ2) is 6.69. The van der Waals surface area contributed by atoms with Gasteiger partial charge in [0.2, 0.25) is 10.0 Å². The van der Waals surface area contributed by atoms with Crippen molar-refractivity contribution in [3.63, 3.8) is 0 Å². The topological polar surface area (TPSA) is 113 Å². The van der Waals surface area contributed by atoms with Crippen molar-refractivity contribution >= 4 is 27.8 Å². The van der Waals surface area contributed by atoms with Gasteiger partial charge in [-0.1, -0.05) is 6.07 Å². The average molecular weight is 381 g/mol. The van der Waals surface area contributed by atoms with Crippen molar-refractivity contribution in [3.8, 4) is 0 Å². The normalized spacial score (nSPS) is 21.2. The summed E-state index contributed by atoms with van der Waals surface area (Å²) in [7, 11) is -2.63. The number of fused-ring (bicyclic) bond motifs is 1. The molecule has 0 aromatic heterocycles. The fourth-order valence-corrected chi connectivity index (χ4v) is 4.98. The van der Waals surface area contributed by atoms with Crippen LogP contribution in [0.4, 0.5) is 0 Å². The van der Waals surface area contributed by atoms with E-state index in [4.69, 9.17) is 4.74 Å². The van der Waals surface area contributed by atoms with Crippen LogP contribution >= 0.6 is 0 Å². The van der Waals surface area contributed by atoms with Crippen LogP contribution in [0.3, 0.4) is 0 Å². The molecule has 10 heteroatoms. The second-order valence-corrected chi connectivity index (χ2v) is 8.05. The molecule has 3 rings (SSSR count). The standard InChI is InChI=1S/C16H19N3O6S/c1-10-12(16(22)25-2)4-3-5-13(10)26(23,24)18-6-7-19-11(9-18)8-17-14(20)15(19)21/h3-5,11H,6-9H2,1-2H3,(H,17,20). The smallest absolute Gasteiger partial charge is 0.338 e. The highest BCUT2D eigenvalue weighted by Gasteiger charge is 2.41. The largest absolute Gasteiger partial charge is 0.465 e. The number of carbonyl (C=O) groups excluding carboxylic acids is 3. The van der Waals surface area contributed by atoms with E-state index in [2.05, 4.69) is 5.32 Å². The highest BCUT2D eigenvalue weighted by Crippen LogP contribution is 2.26. The summed E-state index contributed by atoms with van der Waals surface area (Å²) in [6.07, 6.45) is 0. The molecule has 2 saturated heterocycles. The second-order valence-electron chi connectivity index (χ2n) is 6.15. The molecule has 1 unspecified atom stereocenters. The SMILES string of the molecule is COC(=O)c1cccc(S(=O)(=O)N2CCN3C(=O)C(=O)NCC3C2)c1C. The van der Waals surface area contributed by atoms with Gasteiger partial charge in [-0.15, -0.1) is 0 Å². The van der Waals surface area contributed by atoms with E-state index in [-0.39, 0.29) is 36.6 Å². The van der Waals surface area contributed by atoms with Crippen LogP contribution in [0, 0.1) is 6.92 Å². The molecule has 2 amide bonds. The fraction of sp³-hybridized carbons (Fsp3) is 0.438. The molecule has 2 aliphatic rings. The minimum atomic E-state index is -3.86. The third-order valence-electron chi connectivity index (χ3n) is 4.71. The van der Waals surface area contributed by atoms with E-state index in [0.29, 0.717) is 5.56 Å². The molecule has 0 radical (unpaired) electrons. The number of methoxy groups -OCH3 is 1. The lowest BCUT2D eigenvalue weighted by Crippen LogP contribution is -2.65. The Balaban J connectivity index is 1.89. The first kappa shape index (κ1) is 18.3. The number of rotatable bonds is 3. The van der Waals surface area contributed by atoms with Gasteiger partial charge in [0.1, 0.15) is 0 Å². The van der Waals surface area contributed by atoms with Gasteiger partial charge < -0.3 is 15.0 Å². The predicted octanol–water partition coefficient (Wildman–Crippen LogP) is -0.887. The summed E-state index contributed by atoms with van der Waals surface area (Å²) in [6, 6.07) is 4.03. The number of benzene rings is 1. The molecule has 2 heterocycles. The Morgan fingerprint density at radius 1 is 1.27 bits per heavy atom. The van der Waals surface area contributed by atoms with Crippen molar-refractivity contribution in [1.82, 2.24) is 14.5 Å². The molecule has 2 fully saturated rings. The molecule has 2 aliphatic heterocycles. The maximum atomic E-state index is 13.1. The van der Waals surface area contributed by atoms with Gasteiger partial charge in [0.15, 0.2) is 0 Å². The number of hydrogen-bond donors (Lipinski definition) is 1. The van der Waals surface area contributed by atoms with Gasteiger partial charge in [-0.25, -0.2) is 13.2 Å². The van der Waals surface area contributed by atoms with E-state index in [1.54, 1.807) is 6.92 Å². The van der Waals surface area contributed by atoms with Crippen molar-refractivity contribution in [1.29, 1.82) is 0 Å². The monoisotopic (exact) mass is 381 g/mol. The van der Waals surface area contributed by atoms with Crippen LogP contribution in [-0.2, 0) is 24.3 Å². The third-order valence-corrected chi connectivity index (χ3v) is 6.72. The Kier molecular flexibility index (Phi) is 4.72. The summed E-state index contributed by atoms with van der Waals surface area (Å²) < 4.78 is 32.1. The number of piperazine rings is 2. The van der Waals surface area contributed by atoms with E-state index < -0.39 is 33.8 Å². The number of hydrogen-bond acceptors (Lipinski definition) is 6. The summed E-state index contributed by atoms with van der Waals surface area (Å²) >= 11 is 0. The molecule has 26 heavy (non-hydrogen) atoms. The minimum absolute atomic E-state index is 0.0278. The zero-order valence-corrected chi connectivity index (χ0v) is 15.2. The molecule has 1 atom stereocenters. The number of carbonyl (C=O) groups is 3. The molecule has 1 N–H and O–H groups in total. The van der Waals surface area contributed by atoms with Crippen LogP contribution < -0.4 is 5.32 Å². The van der Waals surface area contributed by atoms with Gasteiger partial charge in [-0.05, 0) is 24.6 Å². The Labute approximate surface area is 150 Å². The molecule has 140 valence electrons. The first-order chi connectivity index (χ1) is 12.3. The fourth-order valence-electron chi connectivity index (χ4n) is 3.27. The van der Waals surface area contributed by atoms with Crippen molar-refractivity contribution in [2.24, 2.45) is 0 Å². The summed E-state index contributed by atoms with van der Waals surface area (Å²) in [5.74, 6) is -1.91. The maximum absolute atomic E-state index is 13.1. The van der Waals surface area contributed by atoms with Crippen LogP contribution in [0.15, 0.2) is 23.1 Å². The number of nitrogens with zero attached hydrogens (tertiary/aromatic N) is 2. The lowest BCUT2D eigenvalue weighted by molar-refractivity contribution is -0.151. The summed E-state index contributed by atoms with van der Waals surface area (Å²) in [6.45, 7) is 2.07. The molecule has 0 saturated carbocycles. The van der Waals surface area contributed by atoms with E-state index in [1.807, 2.05) is 0 Å². The van der Waals surface area contributed by atoms with E-state index >= 15 is 0 Å². The van der Waals surface area contributed by atoms with Crippen molar-refractivity contribution < 1.29 is 27.5 Å². The van der Waals surface area contributed by atoms with Crippen LogP contribution in [0.2, 0.25) is 0 Å². The zero-order valence-electron chi connectivity index (χ0n) is 14.4. The van der Waals surface area contributed by atoms with Gasteiger partial charge in [-0.3, -0.25) is 9.59 Å². The van der Waals surface area contributed by atoms with Gasteiger partial charge in [0.25, 0.3) is 0 Å². The quantitative estimate of drug-likeness (QED) is 0.537. The maximum Gasteiger partial charge on any atom is 0.338 e. The highest BCUT2D eigenvalue weighted by atomic mass is 32.2. The Bertz CT molecular complexity index is 882. The van der Waals surface area contributed by atoms with Crippen molar-refractivity contribution in [2.45, 2.75) is 17.9 Å². The Hall–Kier alpha value is -2.46. The number of sulfonamides is 1. The zero-order chi connectivity index (χ0) is 19.1. The number of nitrogens with one attached hydrogen (secondary N) is 1. The summed E-state index contributed by atoms with van der Waals surface area (Å²) in [5.41, 5.74) is 0.502. The summed E-state index contributed by atoms with van der Waals surface area (Å²) in [4.78, 5) is 36.6. The predicted molar refractivity (Wildman–Crippen MR) is 89.8 cm³/mol. The first-order valence-corrected chi connectivity index (χ1v) is 9.48. The minimum Gasteiger partial charge on any atom is -0.465 e. The lowest BCUT2D eigenvalue weighted by Gasteiger charge is -2.42. The first-order valence-electron chi connectivity index (χ1n) is 8.04. The Morgan fingerprint density at radius 3 is 2.69 bits per heavy atom. The molecular weight excluding hydrogens is 362 g/mol. The van der Waals surface area contributed by atoms with E-state index in [9.17, 15) is 22.8 Å². The molecule has 9 nitrogen and oxygen atoms in total. The van der Waals surface area contributed by atoms with Crippen molar-refractivity contribution in [2.75, 3.05) is 33.3 Å². The summed E-state index contributed by atoms with van der Waals surface area (Å²) in [5, 5.41) is 2.47. The number of esters is 1. The number of amides is 2. The third kappa shape index (κ3) is 2.95. The molecule has 0 bridgehead atoms. The van der Waals surface area contributed by atoms with Crippen LogP contribution in [0.1, 0.15) is 15.9 Å². The molecule has 0 aliphatic carbocycles. The molecule has 1 aromatic rings. The van der Waals surface area contributed by atoms with Crippen LogP contribution in [0.5, 0.6) is 0 Å². The highest BCUT2D eigenvalue weighted by molar-refractivity contribution is 7.89. The van der Waals surface area contributed by atoms with Crippen molar-refractivity contribution in [3.05, 3.63) is 29.3 Å². The number of ether oxygens (including phenoxy) is 1. The van der Waals surface area contributed by atoms with Gasteiger partial charge in [0, 0.05) is 26.2 Å². The average Bonchev–Trinajstić information content (AvgIpc) is 2.64. The molecular formula is C16H19N3O6S. The lowest BCUT2D eigenvalue weighted by atomic mass is 10.1. The molecule has 0 spiro atoms. The molecule has 1 aromatic carbocycles.